The van der Waals surface area contributed by atoms with Crippen molar-refractivity contribution in [2.24, 2.45) is 0 Å². The first kappa shape index (κ1) is 11.7. The van der Waals surface area contributed by atoms with Crippen LogP contribution in [0.5, 0.6) is 0 Å². The van der Waals surface area contributed by atoms with Crippen molar-refractivity contribution in [3.63, 3.8) is 0 Å². The molecule has 0 aromatic carbocycles. The van der Waals surface area contributed by atoms with Crippen LogP contribution in [0.1, 0.15) is 11.1 Å². The van der Waals surface area contributed by atoms with Crippen molar-refractivity contribution in [2.75, 3.05) is 0 Å². The summed E-state index contributed by atoms with van der Waals surface area (Å²) in [5.74, 6) is 0. The SMILES string of the molecule is OC(c1cccnc1)(c1ccoc1)C(F)(F)F. The van der Waals surface area contributed by atoms with Crippen molar-refractivity contribution in [1.82, 2.24) is 4.98 Å². The lowest BCUT2D eigenvalue weighted by Crippen LogP contribution is -2.43. The second-order valence-corrected chi connectivity index (χ2v) is 3.46. The molecule has 17 heavy (non-hydrogen) atoms. The molecule has 90 valence electrons. The van der Waals surface area contributed by atoms with Gasteiger partial charge >= 0.3 is 6.18 Å². The summed E-state index contributed by atoms with van der Waals surface area (Å²) in [4.78, 5) is 3.58. The lowest BCUT2D eigenvalue weighted by atomic mass is 9.88. The third-order valence-corrected chi connectivity index (χ3v) is 2.43. The van der Waals surface area contributed by atoms with Crippen molar-refractivity contribution in [3.05, 3.63) is 54.2 Å². The Morgan fingerprint density at radius 1 is 1.18 bits per heavy atom. The van der Waals surface area contributed by atoms with Crippen LogP contribution in [0.25, 0.3) is 0 Å². The van der Waals surface area contributed by atoms with E-state index in [-0.39, 0.29) is 11.1 Å². The number of alkyl halides is 3. The number of aliphatic hydroxyl groups is 1. The Balaban J connectivity index is 2.61. The number of hydrogen-bond acceptors (Lipinski definition) is 3. The van der Waals surface area contributed by atoms with Crippen LogP contribution >= 0.6 is 0 Å². The van der Waals surface area contributed by atoms with E-state index in [9.17, 15) is 18.3 Å². The number of rotatable bonds is 2. The van der Waals surface area contributed by atoms with Gasteiger partial charge in [-0.1, -0.05) is 6.07 Å². The minimum atomic E-state index is -4.86. The number of pyridine rings is 1. The van der Waals surface area contributed by atoms with Gasteiger partial charge in [0.1, 0.15) is 0 Å². The normalized spacial score (nSPS) is 15.5. The minimum Gasteiger partial charge on any atom is -0.472 e. The van der Waals surface area contributed by atoms with Gasteiger partial charge in [-0.3, -0.25) is 4.98 Å². The maximum atomic E-state index is 13.0. The molecule has 2 aromatic heterocycles. The van der Waals surface area contributed by atoms with Crippen molar-refractivity contribution in [2.45, 2.75) is 11.8 Å². The van der Waals surface area contributed by atoms with Crippen molar-refractivity contribution >= 4 is 0 Å². The van der Waals surface area contributed by atoms with Gasteiger partial charge in [0.2, 0.25) is 5.60 Å². The monoisotopic (exact) mass is 243 g/mol. The van der Waals surface area contributed by atoms with E-state index in [1.165, 1.54) is 12.3 Å². The molecular formula is C11H8F3NO2. The van der Waals surface area contributed by atoms with Gasteiger partial charge in [0.15, 0.2) is 0 Å². The van der Waals surface area contributed by atoms with Gasteiger partial charge in [-0.25, -0.2) is 0 Å². The largest absolute Gasteiger partial charge is 0.472 e. The van der Waals surface area contributed by atoms with Crippen LogP contribution in [-0.2, 0) is 5.60 Å². The highest BCUT2D eigenvalue weighted by molar-refractivity contribution is 5.34. The molecule has 2 rings (SSSR count). The molecular weight excluding hydrogens is 235 g/mol. The molecule has 6 heteroatoms. The quantitative estimate of drug-likeness (QED) is 0.881. The summed E-state index contributed by atoms with van der Waals surface area (Å²) in [6, 6.07) is 3.56. The molecule has 1 atom stereocenters. The first-order valence-electron chi connectivity index (χ1n) is 4.68. The molecule has 0 bridgehead atoms. The van der Waals surface area contributed by atoms with Crippen LogP contribution in [0.2, 0.25) is 0 Å². The maximum Gasteiger partial charge on any atom is 0.425 e. The molecule has 0 aliphatic heterocycles. The van der Waals surface area contributed by atoms with E-state index in [4.69, 9.17) is 0 Å². The number of hydrogen-bond donors (Lipinski definition) is 1. The first-order chi connectivity index (χ1) is 7.96. The summed E-state index contributed by atoms with van der Waals surface area (Å²) in [7, 11) is 0. The molecule has 0 aliphatic carbocycles. The predicted octanol–water partition coefficient (Wildman–Crippen LogP) is 2.47. The fraction of sp³-hybridized carbons (Fsp3) is 0.182. The van der Waals surface area contributed by atoms with Gasteiger partial charge in [0, 0.05) is 23.5 Å². The molecule has 0 spiro atoms. The van der Waals surface area contributed by atoms with E-state index >= 15 is 0 Å². The maximum absolute atomic E-state index is 13.0. The lowest BCUT2D eigenvalue weighted by molar-refractivity contribution is -0.248. The smallest absolute Gasteiger partial charge is 0.425 e. The van der Waals surface area contributed by atoms with Crippen molar-refractivity contribution < 1.29 is 22.7 Å². The Morgan fingerprint density at radius 2 is 1.94 bits per heavy atom. The standard InChI is InChI=1S/C11H8F3NO2/c12-11(13,14)10(16,9-3-5-17-7-9)8-2-1-4-15-6-8/h1-7,16H. The number of nitrogens with zero attached hydrogens (tertiary/aromatic N) is 1. The van der Waals surface area contributed by atoms with Gasteiger partial charge in [-0.2, -0.15) is 13.2 Å². The zero-order valence-corrected chi connectivity index (χ0v) is 8.48. The summed E-state index contributed by atoms with van der Waals surface area (Å²) < 4.78 is 43.7. The summed E-state index contributed by atoms with van der Waals surface area (Å²) in [5.41, 5.74) is -3.83. The van der Waals surface area contributed by atoms with E-state index < -0.39 is 11.8 Å². The van der Waals surface area contributed by atoms with Gasteiger partial charge in [-0.05, 0) is 12.1 Å². The van der Waals surface area contributed by atoms with Crippen LogP contribution in [-0.4, -0.2) is 16.3 Å². The van der Waals surface area contributed by atoms with Crippen LogP contribution in [0.15, 0.2) is 47.5 Å². The third kappa shape index (κ3) is 1.80. The average Bonchev–Trinajstić information content (AvgIpc) is 2.81. The number of aromatic nitrogens is 1. The molecule has 2 aromatic rings. The van der Waals surface area contributed by atoms with Gasteiger partial charge in [0.05, 0.1) is 12.5 Å². The van der Waals surface area contributed by atoms with E-state index in [1.54, 1.807) is 0 Å². The Hall–Kier alpha value is -1.82. The summed E-state index contributed by atoms with van der Waals surface area (Å²) in [6.45, 7) is 0. The molecule has 1 unspecified atom stereocenters. The third-order valence-electron chi connectivity index (χ3n) is 2.43. The molecule has 0 radical (unpaired) electrons. The van der Waals surface area contributed by atoms with Gasteiger partial charge in [-0.15, -0.1) is 0 Å². The van der Waals surface area contributed by atoms with Crippen molar-refractivity contribution in [3.8, 4) is 0 Å². The number of halogens is 3. The van der Waals surface area contributed by atoms with Gasteiger partial charge in [0.25, 0.3) is 0 Å². The van der Waals surface area contributed by atoms with E-state index in [0.29, 0.717) is 0 Å². The zero-order valence-electron chi connectivity index (χ0n) is 8.48. The highest BCUT2D eigenvalue weighted by Gasteiger charge is 2.57. The lowest BCUT2D eigenvalue weighted by Gasteiger charge is -2.29. The van der Waals surface area contributed by atoms with Gasteiger partial charge < -0.3 is 9.52 Å². The van der Waals surface area contributed by atoms with Crippen LogP contribution in [0.4, 0.5) is 13.2 Å². The minimum absolute atomic E-state index is 0.353. The first-order valence-corrected chi connectivity index (χ1v) is 4.68. The summed E-state index contributed by atoms with van der Waals surface area (Å²) in [5, 5.41) is 9.95. The van der Waals surface area contributed by atoms with Crippen LogP contribution < -0.4 is 0 Å². The van der Waals surface area contributed by atoms with Crippen LogP contribution in [0, 0.1) is 0 Å². The zero-order chi connectivity index (χ0) is 12.5. The van der Waals surface area contributed by atoms with Crippen molar-refractivity contribution in [1.29, 1.82) is 0 Å². The molecule has 0 amide bonds. The van der Waals surface area contributed by atoms with E-state index in [0.717, 1.165) is 30.9 Å². The fourth-order valence-corrected chi connectivity index (χ4v) is 1.54. The molecule has 0 saturated carbocycles. The Labute approximate surface area is 94.5 Å². The molecule has 1 N–H and O–H groups in total. The fourth-order valence-electron chi connectivity index (χ4n) is 1.54. The highest BCUT2D eigenvalue weighted by Crippen LogP contribution is 2.43. The van der Waals surface area contributed by atoms with Crippen LogP contribution in [0.3, 0.4) is 0 Å². The predicted molar refractivity (Wildman–Crippen MR) is 52.0 cm³/mol. The van der Waals surface area contributed by atoms with E-state index in [2.05, 4.69) is 9.40 Å². The van der Waals surface area contributed by atoms with E-state index in [1.807, 2.05) is 0 Å². The summed E-state index contributed by atoms with van der Waals surface area (Å²) >= 11 is 0. The number of furan rings is 1. The molecule has 0 aliphatic rings. The summed E-state index contributed by atoms with van der Waals surface area (Å²) in [6.07, 6.45) is -0.626. The second-order valence-electron chi connectivity index (χ2n) is 3.46. The molecule has 0 fully saturated rings. The second kappa shape index (κ2) is 3.89. The Morgan fingerprint density at radius 3 is 2.41 bits per heavy atom. The topological polar surface area (TPSA) is 46.3 Å². The Bertz CT molecular complexity index is 481. The Kier molecular flexibility index (Phi) is 2.66. The highest BCUT2D eigenvalue weighted by atomic mass is 19.4. The molecule has 2 heterocycles. The molecule has 0 saturated heterocycles. The average molecular weight is 243 g/mol. The molecule has 3 nitrogen and oxygen atoms in total.